The second kappa shape index (κ2) is 16.2. The summed E-state index contributed by atoms with van der Waals surface area (Å²) in [5.74, 6) is 0. The van der Waals surface area contributed by atoms with Crippen LogP contribution in [0.1, 0.15) is 5.48 Å². The van der Waals surface area contributed by atoms with E-state index >= 15 is 0 Å². The lowest BCUT2D eigenvalue weighted by Gasteiger charge is -2.29. The van der Waals surface area contributed by atoms with E-state index in [-0.39, 0.29) is 35.4 Å². The maximum absolute atomic E-state index is 9.78. The Morgan fingerprint density at radius 3 is 1.68 bits per heavy atom. The summed E-state index contributed by atoms with van der Waals surface area (Å²) in [5, 5.41) is 5.91. The van der Waals surface area contributed by atoms with Gasteiger partial charge in [0, 0.05) is 49.9 Å². The Labute approximate surface area is 384 Å². The summed E-state index contributed by atoms with van der Waals surface area (Å²) in [6.45, 7) is 0. The minimum Gasteiger partial charge on any atom is -0.310 e. The molecule has 65 heavy (non-hydrogen) atoms. The molecule has 0 saturated carbocycles. The summed E-state index contributed by atoms with van der Waals surface area (Å²) < 4.78 is 41.4. The highest BCUT2D eigenvalue weighted by molar-refractivity contribution is 6.12. The Balaban J connectivity index is 1.08. The van der Waals surface area contributed by atoms with Crippen molar-refractivity contribution in [2.24, 2.45) is 0 Å². The van der Waals surface area contributed by atoms with Crippen LogP contribution >= 0.6 is 0 Å². The van der Waals surface area contributed by atoms with Gasteiger partial charge in [0.15, 0.2) is 0 Å². The summed E-state index contributed by atoms with van der Waals surface area (Å²) >= 11 is 0. The summed E-state index contributed by atoms with van der Waals surface area (Å²) in [7, 11) is 0. The molecule has 3 nitrogen and oxygen atoms in total. The van der Waals surface area contributed by atoms with Crippen molar-refractivity contribution in [1.82, 2.24) is 4.57 Å². The van der Waals surface area contributed by atoms with Gasteiger partial charge in [-0.2, -0.15) is 0 Å². The van der Waals surface area contributed by atoms with Gasteiger partial charge in [0.1, 0.15) is 0 Å². The van der Waals surface area contributed by atoms with Crippen LogP contribution in [0.3, 0.4) is 0 Å². The van der Waals surface area contributed by atoms with E-state index in [4.69, 9.17) is 0 Å². The number of para-hydroxylation sites is 4. The zero-order chi connectivity index (χ0) is 46.6. The standard InChI is InChI=1S/C62H43N3/c1-4-19-44(20-5-1)53-28-12-14-33-59(53)65(50-41-42-62-57(43-50)56-29-13-15-34-60(56)64(62)48-25-8-3-9-26-48)61-36-18-31-54-51(30-17-32-55(54)61)46-37-39-49(40-38-46)63(47-23-6-2-7-24-47)58-35-16-22-45-21-10-11-27-52(45)58/h1-43H/i37D,38D,39D,40D. The van der Waals surface area contributed by atoms with Crippen LogP contribution in [0.15, 0.2) is 261 Å². The molecule has 3 heteroatoms. The van der Waals surface area contributed by atoms with Gasteiger partial charge in [0.05, 0.1) is 33.6 Å². The lowest BCUT2D eigenvalue weighted by atomic mass is 9.95. The number of anilines is 6. The minimum atomic E-state index is -0.127. The van der Waals surface area contributed by atoms with E-state index in [0.29, 0.717) is 5.56 Å². The zero-order valence-electron chi connectivity index (χ0n) is 39.4. The molecule has 1 heterocycles. The molecular formula is C62H43N3. The summed E-state index contributed by atoms with van der Waals surface area (Å²) in [6.07, 6.45) is 0. The second-order valence-corrected chi connectivity index (χ2v) is 16.2. The Hall–Kier alpha value is -8.66. The van der Waals surface area contributed by atoms with E-state index in [1.165, 1.54) is 0 Å². The first-order valence-electron chi connectivity index (χ1n) is 23.9. The van der Waals surface area contributed by atoms with Crippen molar-refractivity contribution in [3.05, 3.63) is 261 Å². The van der Waals surface area contributed by atoms with Gasteiger partial charge in [-0.15, -0.1) is 0 Å². The van der Waals surface area contributed by atoms with Crippen LogP contribution < -0.4 is 9.80 Å². The number of fused-ring (bicyclic) bond motifs is 5. The molecule has 306 valence electrons. The molecule has 1 aromatic heterocycles. The highest BCUT2D eigenvalue weighted by Crippen LogP contribution is 2.47. The Bertz CT molecular complexity index is 3870. The highest BCUT2D eigenvalue weighted by atomic mass is 15.2. The van der Waals surface area contributed by atoms with Crippen LogP contribution in [0, 0.1) is 0 Å². The average Bonchev–Trinajstić information content (AvgIpc) is 3.74. The topological polar surface area (TPSA) is 11.4 Å². The minimum absolute atomic E-state index is 0.114. The van der Waals surface area contributed by atoms with Crippen LogP contribution in [0.2, 0.25) is 0 Å². The van der Waals surface area contributed by atoms with Crippen LogP contribution in [0.5, 0.6) is 0 Å². The van der Waals surface area contributed by atoms with Crippen LogP contribution in [0.4, 0.5) is 34.1 Å². The predicted octanol–water partition coefficient (Wildman–Crippen LogP) is 17.4. The summed E-state index contributed by atoms with van der Waals surface area (Å²) in [5.41, 5.74) is 10.8. The van der Waals surface area contributed by atoms with Crippen molar-refractivity contribution in [3.63, 3.8) is 0 Å². The van der Waals surface area contributed by atoms with Crippen molar-refractivity contribution in [2.45, 2.75) is 0 Å². The van der Waals surface area contributed by atoms with E-state index in [1.54, 1.807) is 0 Å². The largest absolute Gasteiger partial charge is 0.310 e. The van der Waals surface area contributed by atoms with E-state index in [1.807, 2.05) is 114 Å². The molecular weight excluding hydrogens is 787 g/mol. The molecule has 0 aliphatic heterocycles. The van der Waals surface area contributed by atoms with E-state index in [0.717, 1.165) is 88.6 Å². The molecule has 12 rings (SSSR count). The third-order valence-electron chi connectivity index (χ3n) is 12.4. The summed E-state index contributed by atoms with van der Waals surface area (Å²) in [4.78, 5) is 4.19. The third-order valence-corrected chi connectivity index (χ3v) is 12.4. The predicted molar refractivity (Wildman–Crippen MR) is 276 cm³/mol. The molecule has 0 radical (unpaired) electrons. The van der Waals surface area contributed by atoms with Gasteiger partial charge in [-0.05, 0) is 106 Å². The maximum atomic E-state index is 9.78. The molecule has 0 amide bonds. The monoisotopic (exact) mass is 833 g/mol. The third kappa shape index (κ3) is 6.70. The molecule has 0 atom stereocenters. The smallest absolute Gasteiger partial charge is 0.0645 e. The molecule has 0 unspecified atom stereocenters. The van der Waals surface area contributed by atoms with Crippen LogP contribution in [0.25, 0.3) is 71.3 Å². The number of rotatable bonds is 9. The molecule has 12 aromatic rings. The fraction of sp³-hybridized carbons (Fsp3) is 0. The molecule has 0 fully saturated rings. The molecule has 0 N–H and O–H groups in total. The van der Waals surface area contributed by atoms with Gasteiger partial charge >= 0.3 is 0 Å². The van der Waals surface area contributed by atoms with Gasteiger partial charge in [-0.3, -0.25) is 0 Å². The fourth-order valence-corrected chi connectivity index (χ4v) is 9.52. The SMILES string of the molecule is [2H]c1c([2H])c(N(c2ccccc2)c2cccc3ccccc23)c([2H])c([2H])c1-c1cccc2c(N(c3ccc4c(c3)c3ccccc3n4-c3ccccc3)c3ccccc3-c3ccccc3)cccc12. The molecule has 0 spiro atoms. The normalized spacial score (nSPS) is 12.2. The first kappa shape index (κ1) is 33.9. The van der Waals surface area contributed by atoms with Crippen molar-refractivity contribution in [2.75, 3.05) is 9.80 Å². The molecule has 11 aromatic carbocycles. The number of aromatic nitrogens is 1. The molecule has 0 aliphatic rings. The van der Waals surface area contributed by atoms with Crippen molar-refractivity contribution in [1.29, 1.82) is 0 Å². The summed E-state index contributed by atoms with van der Waals surface area (Å²) in [6, 6.07) is 80.0. The van der Waals surface area contributed by atoms with Gasteiger partial charge in [-0.1, -0.05) is 182 Å². The number of benzene rings is 11. The second-order valence-electron chi connectivity index (χ2n) is 16.2. The van der Waals surface area contributed by atoms with E-state index in [9.17, 15) is 5.48 Å². The van der Waals surface area contributed by atoms with Crippen molar-refractivity contribution >= 4 is 77.5 Å². The lowest BCUT2D eigenvalue weighted by molar-refractivity contribution is 1.18. The van der Waals surface area contributed by atoms with Crippen molar-refractivity contribution in [3.8, 4) is 27.9 Å². The number of nitrogens with zero attached hydrogens (tertiary/aromatic N) is 3. The Morgan fingerprint density at radius 1 is 0.308 bits per heavy atom. The highest BCUT2D eigenvalue weighted by Gasteiger charge is 2.22. The average molecular weight is 834 g/mol. The van der Waals surface area contributed by atoms with Crippen LogP contribution in [-0.2, 0) is 0 Å². The van der Waals surface area contributed by atoms with E-state index < -0.39 is 0 Å². The fourth-order valence-electron chi connectivity index (χ4n) is 9.52. The quantitative estimate of drug-likeness (QED) is 0.144. The van der Waals surface area contributed by atoms with E-state index in [2.05, 4.69) is 137 Å². The van der Waals surface area contributed by atoms with Gasteiger partial charge in [0.25, 0.3) is 0 Å². The van der Waals surface area contributed by atoms with Crippen molar-refractivity contribution < 1.29 is 5.48 Å². The Morgan fingerprint density at radius 2 is 0.862 bits per heavy atom. The molecule has 0 saturated heterocycles. The number of hydrogen-bond donors (Lipinski definition) is 0. The first-order valence-corrected chi connectivity index (χ1v) is 21.9. The maximum Gasteiger partial charge on any atom is 0.0645 e. The van der Waals surface area contributed by atoms with Crippen LogP contribution in [-0.4, -0.2) is 4.57 Å². The van der Waals surface area contributed by atoms with Gasteiger partial charge in [-0.25, -0.2) is 0 Å². The Kier molecular flexibility index (Phi) is 8.47. The molecule has 0 bridgehead atoms. The zero-order valence-corrected chi connectivity index (χ0v) is 35.4. The first-order chi connectivity index (χ1) is 34.0. The lowest BCUT2D eigenvalue weighted by Crippen LogP contribution is -2.12. The number of hydrogen-bond acceptors (Lipinski definition) is 2. The van der Waals surface area contributed by atoms with Gasteiger partial charge in [0.2, 0.25) is 0 Å². The molecule has 0 aliphatic carbocycles. The van der Waals surface area contributed by atoms with Gasteiger partial charge < -0.3 is 14.4 Å².